The number of hydrogen-bond acceptors (Lipinski definition) is 2. The summed E-state index contributed by atoms with van der Waals surface area (Å²) in [6.45, 7) is 1.03. The van der Waals surface area contributed by atoms with Crippen LogP contribution in [0.15, 0.2) is 42.5 Å². The van der Waals surface area contributed by atoms with E-state index in [4.69, 9.17) is 0 Å². The fraction of sp³-hybridized carbons (Fsp3) is 0.444. The van der Waals surface area contributed by atoms with E-state index in [1.165, 1.54) is 29.2 Å². The van der Waals surface area contributed by atoms with Crippen molar-refractivity contribution in [2.75, 3.05) is 0 Å². The number of aliphatic hydroxyl groups is 1. The molecule has 2 nitrogen and oxygen atoms in total. The summed E-state index contributed by atoms with van der Waals surface area (Å²) in [5, 5.41) is 12.6. The molecule has 2 aromatic carbocycles. The molecule has 2 bridgehead atoms. The zero-order valence-corrected chi connectivity index (χ0v) is 11.7. The molecule has 0 aliphatic carbocycles. The van der Waals surface area contributed by atoms with E-state index in [2.05, 4.69) is 47.4 Å². The van der Waals surface area contributed by atoms with Gasteiger partial charge in [-0.05, 0) is 42.0 Å². The first-order valence-electron chi connectivity index (χ1n) is 7.72. The molecule has 2 heteroatoms. The third-order valence-electron chi connectivity index (χ3n) is 5.09. The summed E-state index contributed by atoms with van der Waals surface area (Å²) >= 11 is 0. The quantitative estimate of drug-likeness (QED) is 0.902. The Kier molecular flexibility index (Phi) is 3.01. The fourth-order valence-electron chi connectivity index (χ4n) is 4.13. The third kappa shape index (κ3) is 2.04. The second-order valence-electron chi connectivity index (χ2n) is 6.32. The summed E-state index contributed by atoms with van der Waals surface area (Å²) in [6.07, 6.45) is 4.36. The maximum Gasteiger partial charge on any atom is 0.0570 e. The molecule has 0 radical (unpaired) electrons. The Morgan fingerprint density at radius 2 is 1.65 bits per heavy atom. The minimum atomic E-state index is -0.0729. The standard InChI is InChI=1S/C18H21NO/c20-17-10-15-8-9-16(11-17)19(15)12-14-6-3-5-13-4-1-2-7-18(13)14/h1-7,15-17,20H,8-12H2. The molecule has 2 aliphatic rings. The lowest BCUT2D eigenvalue weighted by Gasteiger charge is -2.37. The van der Waals surface area contributed by atoms with E-state index in [1.807, 2.05) is 0 Å². The molecule has 4 rings (SSSR count). The van der Waals surface area contributed by atoms with Crippen LogP contribution in [0.25, 0.3) is 10.8 Å². The van der Waals surface area contributed by atoms with Crippen LogP contribution < -0.4 is 0 Å². The Hall–Kier alpha value is -1.38. The fourth-order valence-corrected chi connectivity index (χ4v) is 4.13. The van der Waals surface area contributed by atoms with Crippen LogP contribution >= 0.6 is 0 Å². The van der Waals surface area contributed by atoms with Crippen molar-refractivity contribution < 1.29 is 5.11 Å². The zero-order chi connectivity index (χ0) is 13.5. The summed E-state index contributed by atoms with van der Waals surface area (Å²) in [5.41, 5.74) is 1.43. The third-order valence-corrected chi connectivity index (χ3v) is 5.09. The number of hydrogen-bond donors (Lipinski definition) is 1. The van der Waals surface area contributed by atoms with Crippen molar-refractivity contribution in [1.29, 1.82) is 0 Å². The number of nitrogens with zero attached hydrogens (tertiary/aromatic N) is 1. The van der Waals surface area contributed by atoms with Crippen molar-refractivity contribution in [3.63, 3.8) is 0 Å². The topological polar surface area (TPSA) is 23.5 Å². The lowest BCUT2D eigenvalue weighted by Crippen LogP contribution is -2.44. The van der Waals surface area contributed by atoms with Gasteiger partial charge in [-0.1, -0.05) is 42.5 Å². The Labute approximate surface area is 120 Å². The molecule has 2 fully saturated rings. The van der Waals surface area contributed by atoms with Crippen molar-refractivity contribution in [2.24, 2.45) is 0 Å². The van der Waals surface area contributed by atoms with Crippen LogP contribution in [0.2, 0.25) is 0 Å². The molecule has 20 heavy (non-hydrogen) atoms. The Balaban J connectivity index is 1.65. The zero-order valence-electron chi connectivity index (χ0n) is 11.7. The Bertz CT molecular complexity index is 604. The molecular formula is C18H21NO. The highest BCUT2D eigenvalue weighted by Crippen LogP contribution is 2.37. The summed E-state index contributed by atoms with van der Waals surface area (Å²) in [5.74, 6) is 0. The van der Waals surface area contributed by atoms with E-state index in [-0.39, 0.29) is 6.10 Å². The van der Waals surface area contributed by atoms with Gasteiger partial charge in [0, 0.05) is 18.6 Å². The summed E-state index contributed by atoms with van der Waals surface area (Å²) in [7, 11) is 0. The summed E-state index contributed by atoms with van der Waals surface area (Å²) in [4.78, 5) is 2.63. The van der Waals surface area contributed by atoms with Crippen LogP contribution in [0, 0.1) is 0 Å². The first-order chi connectivity index (χ1) is 9.81. The largest absolute Gasteiger partial charge is 0.393 e. The predicted octanol–water partition coefficient (Wildman–Crippen LogP) is 3.33. The molecular weight excluding hydrogens is 246 g/mol. The van der Waals surface area contributed by atoms with Gasteiger partial charge in [0.1, 0.15) is 0 Å². The summed E-state index contributed by atoms with van der Waals surface area (Å²) in [6, 6.07) is 16.4. The SMILES string of the molecule is OC1CC2CCC(C1)N2Cc1cccc2ccccc12. The van der Waals surface area contributed by atoms with Crippen LogP contribution in [0.4, 0.5) is 0 Å². The Morgan fingerprint density at radius 1 is 0.950 bits per heavy atom. The maximum atomic E-state index is 9.92. The number of benzene rings is 2. The van der Waals surface area contributed by atoms with Gasteiger partial charge in [0.15, 0.2) is 0 Å². The number of aliphatic hydroxyl groups excluding tert-OH is 1. The van der Waals surface area contributed by atoms with Gasteiger partial charge in [-0.2, -0.15) is 0 Å². The first-order valence-corrected chi connectivity index (χ1v) is 7.72. The molecule has 0 saturated carbocycles. The van der Waals surface area contributed by atoms with E-state index in [9.17, 15) is 5.11 Å². The lowest BCUT2D eigenvalue weighted by atomic mass is 9.97. The maximum absolute atomic E-state index is 9.92. The normalized spacial score (nSPS) is 29.9. The van der Waals surface area contributed by atoms with Gasteiger partial charge in [0.05, 0.1) is 6.10 Å². The van der Waals surface area contributed by atoms with Crippen molar-refractivity contribution in [1.82, 2.24) is 4.90 Å². The number of fused-ring (bicyclic) bond motifs is 3. The van der Waals surface area contributed by atoms with Gasteiger partial charge in [0.25, 0.3) is 0 Å². The van der Waals surface area contributed by atoms with Crippen molar-refractivity contribution >= 4 is 10.8 Å². The van der Waals surface area contributed by atoms with Crippen LogP contribution in [0.3, 0.4) is 0 Å². The van der Waals surface area contributed by atoms with Gasteiger partial charge < -0.3 is 5.11 Å². The highest BCUT2D eigenvalue weighted by molar-refractivity contribution is 5.85. The van der Waals surface area contributed by atoms with Gasteiger partial charge >= 0.3 is 0 Å². The highest BCUT2D eigenvalue weighted by atomic mass is 16.3. The molecule has 1 N–H and O–H groups in total. The molecule has 2 atom stereocenters. The molecule has 2 heterocycles. The lowest BCUT2D eigenvalue weighted by molar-refractivity contribution is 0.0312. The molecule has 2 aromatic rings. The molecule has 2 saturated heterocycles. The van der Waals surface area contributed by atoms with Crippen LogP contribution in [0.5, 0.6) is 0 Å². The van der Waals surface area contributed by atoms with Gasteiger partial charge in [-0.3, -0.25) is 4.90 Å². The first kappa shape index (κ1) is 12.4. The second kappa shape index (κ2) is 4.87. The van der Waals surface area contributed by atoms with Crippen molar-refractivity contribution in [2.45, 2.75) is 50.4 Å². The predicted molar refractivity (Wildman–Crippen MR) is 81.5 cm³/mol. The van der Waals surface area contributed by atoms with E-state index in [1.54, 1.807) is 0 Å². The van der Waals surface area contributed by atoms with Crippen molar-refractivity contribution in [3.05, 3.63) is 48.0 Å². The molecule has 0 spiro atoms. The van der Waals surface area contributed by atoms with E-state index >= 15 is 0 Å². The highest BCUT2D eigenvalue weighted by Gasteiger charge is 2.39. The van der Waals surface area contributed by atoms with E-state index < -0.39 is 0 Å². The monoisotopic (exact) mass is 267 g/mol. The van der Waals surface area contributed by atoms with Crippen LogP contribution in [0.1, 0.15) is 31.2 Å². The minimum absolute atomic E-state index is 0.0729. The molecule has 2 unspecified atom stereocenters. The van der Waals surface area contributed by atoms with Gasteiger partial charge in [-0.15, -0.1) is 0 Å². The molecule has 0 aromatic heterocycles. The van der Waals surface area contributed by atoms with Crippen LogP contribution in [-0.2, 0) is 6.54 Å². The van der Waals surface area contributed by atoms with E-state index in [0.29, 0.717) is 12.1 Å². The average Bonchev–Trinajstić information content (AvgIpc) is 2.70. The Morgan fingerprint density at radius 3 is 2.45 bits per heavy atom. The van der Waals surface area contributed by atoms with E-state index in [0.717, 1.165) is 19.4 Å². The minimum Gasteiger partial charge on any atom is -0.393 e. The second-order valence-corrected chi connectivity index (χ2v) is 6.32. The molecule has 2 aliphatic heterocycles. The number of piperidine rings is 1. The van der Waals surface area contributed by atoms with Crippen molar-refractivity contribution in [3.8, 4) is 0 Å². The average molecular weight is 267 g/mol. The van der Waals surface area contributed by atoms with Gasteiger partial charge in [-0.25, -0.2) is 0 Å². The van der Waals surface area contributed by atoms with Crippen LogP contribution in [-0.4, -0.2) is 28.2 Å². The smallest absolute Gasteiger partial charge is 0.0570 e. The summed E-state index contributed by atoms with van der Waals surface area (Å²) < 4.78 is 0. The molecule has 0 amide bonds. The number of rotatable bonds is 2. The van der Waals surface area contributed by atoms with Gasteiger partial charge in [0.2, 0.25) is 0 Å². The molecule has 104 valence electrons.